The highest BCUT2D eigenvalue weighted by Gasteiger charge is 2.23. The molecule has 2 nitrogen and oxygen atoms in total. The molecule has 0 amide bonds. The standard InChI is InChI=1S/C16H12N2/c1-2-11-9-17-15-12-7-3-5-10-6-4-8-13(14(10)12)16(15)18-11/h3-9H,2H2,1H3. The van der Waals surface area contributed by atoms with Crippen molar-refractivity contribution in [2.24, 2.45) is 0 Å². The van der Waals surface area contributed by atoms with Gasteiger partial charge in [0, 0.05) is 22.7 Å². The molecule has 0 spiro atoms. The SMILES string of the molecule is CCc1cnc2c(n1)-c1cccc3cccc-2c13. The fraction of sp³-hybridized carbons (Fsp3) is 0.125. The lowest BCUT2D eigenvalue weighted by Crippen LogP contribution is -1.93. The average molecular weight is 232 g/mol. The highest BCUT2D eigenvalue weighted by Crippen LogP contribution is 2.44. The fourth-order valence-electron chi connectivity index (χ4n) is 2.72. The zero-order chi connectivity index (χ0) is 12.1. The second-order valence-corrected chi connectivity index (χ2v) is 4.62. The van der Waals surface area contributed by atoms with E-state index in [1.54, 1.807) is 0 Å². The minimum Gasteiger partial charge on any atom is -0.252 e. The summed E-state index contributed by atoms with van der Waals surface area (Å²) in [6.45, 7) is 2.11. The van der Waals surface area contributed by atoms with Gasteiger partial charge in [-0.15, -0.1) is 0 Å². The number of fused-ring (bicyclic) bond motifs is 3. The van der Waals surface area contributed by atoms with Crippen LogP contribution >= 0.6 is 0 Å². The summed E-state index contributed by atoms with van der Waals surface area (Å²) >= 11 is 0. The lowest BCUT2D eigenvalue weighted by Gasteiger charge is -2.02. The molecule has 2 aromatic carbocycles. The third-order valence-corrected chi connectivity index (χ3v) is 3.60. The van der Waals surface area contributed by atoms with Gasteiger partial charge in [0.1, 0.15) is 0 Å². The van der Waals surface area contributed by atoms with E-state index in [-0.39, 0.29) is 0 Å². The molecular formula is C16H12N2. The Balaban J connectivity index is 2.17. The first kappa shape index (κ1) is 9.77. The van der Waals surface area contributed by atoms with Gasteiger partial charge in [-0.05, 0) is 11.8 Å². The molecule has 0 bridgehead atoms. The number of rotatable bonds is 1. The molecule has 1 aliphatic carbocycles. The molecule has 0 atom stereocenters. The lowest BCUT2D eigenvalue weighted by molar-refractivity contribution is 1.01. The van der Waals surface area contributed by atoms with Crippen LogP contribution in [0, 0.1) is 0 Å². The van der Waals surface area contributed by atoms with Crippen molar-refractivity contribution in [1.82, 2.24) is 9.97 Å². The van der Waals surface area contributed by atoms with Crippen LogP contribution in [-0.2, 0) is 6.42 Å². The summed E-state index contributed by atoms with van der Waals surface area (Å²) in [5.41, 5.74) is 5.56. The van der Waals surface area contributed by atoms with Crippen molar-refractivity contribution in [3.63, 3.8) is 0 Å². The molecule has 18 heavy (non-hydrogen) atoms. The van der Waals surface area contributed by atoms with E-state index in [9.17, 15) is 0 Å². The summed E-state index contributed by atoms with van der Waals surface area (Å²) in [6, 6.07) is 12.8. The quantitative estimate of drug-likeness (QED) is 0.498. The van der Waals surface area contributed by atoms with Crippen LogP contribution < -0.4 is 0 Å². The maximum Gasteiger partial charge on any atom is 0.0975 e. The molecule has 0 N–H and O–H groups in total. The first-order valence-electron chi connectivity index (χ1n) is 6.27. The summed E-state index contributed by atoms with van der Waals surface area (Å²) in [5, 5.41) is 2.56. The first-order chi connectivity index (χ1) is 8.88. The zero-order valence-electron chi connectivity index (χ0n) is 10.1. The van der Waals surface area contributed by atoms with Crippen LogP contribution in [0.5, 0.6) is 0 Å². The summed E-state index contributed by atoms with van der Waals surface area (Å²) in [7, 11) is 0. The smallest absolute Gasteiger partial charge is 0.0975 e. The molecule has 3 aromatic rings. The molecule has 0 fully saturated rings. The largest absolute Gasteiger partial charge is 0.252 e. The second kappa shape index (κ2) is 3.39. The summed E-state index contributed by atoms with van der Waals surface area (Å²) in [4.78, 5) is 9.36. The van der Waals surface area contributed by atoms with E-state index >= 15 is 0 Å². The lowest BCUT2D eigenvalue weighted by atomic mass is 10.0. The number of nitrogens with zero attached hydrogens (tertiary/aromatic N) is 2. The molecule has 2 heteroatoms. The van der Waals surface area contributed by atoms with Gasteiger partial charge < -0.3 is 0 Å². The van der Waals surface area contributed by atoms with Crippen LogP contribution in [0.3, 0.4) is 0 Å². The second-order valence-electron chi connectivity index (χ2n) is 4.62. The molecule has 0 aliphatic heterocycles. The third kappa shape index (κ3) is 1.12. The van der Waals surface area contributed by atoms with Gasteiger partial charge in [-0.25, -0.2) is 4.98 Å². The average Bonchev–Trinajstić information content (AvgIpc) is 2.76. The van der Waals surface area contributed by atoms with Gasteiger partial charge in [-0.1, -0.05) is 43.3 Å². The van der Waals surface area contributed by atoms with Crippen LogP contribution in [0.2, 0.25) is 0 Å². The Bertz CT molecular complexity index is 770. The van der Waals surface area contributed by atoms with E-state index in [4.69, 9.17) is 4.98 Å². The van der Waals surface area contributed by atoms with Gasteiger partial charge in [0.15, 0.2) is 0 Å². The molecule has 0 saturated carbocycles. The van der Waals surface area contributed by atoms with E-state index in [1.165, 1.54) is 21.9 Å². The number of hydrogen-bond donors (Lipinski definition) is 0. The first-order valence-corrected chi connectivity index (χ1v) is 6.27. The van der Waals surface area contributed by atoms with E-state index in [0.717, 1.165) is 23.5 Å². The van der Waals surface area contributed by atoms with Crippen molar-refractivity contribution in [2.75, 3.05) is 0 Å². The molecule has 1 aromatic heterocycles. The van der Waals surface area contributed by atoms with Gasteiger partial charge in [0.25, 0.3) is 0 Å². The minimum absolute atomic E-state index is 0.923. The number of aryl methyl sites for hydroxylation is 1. The maximum absolute atomic E-state index is 4.75. The molecule has 1 aliphatic rings. The van der Waals surface area contributed by atoms with Crippen LogP contribution in [-0.4, -0.2) is 9.97 Å². The van der Waals surface area contributed by atoms with E-state index in [0.29, 0.717) is 0 Å². The van der Waals surface area contributed by atoms with Crippen LogP contribution in [0.4, 0.5) is 0 Å². The molecule has 0 unspecified atom stereocenters. The Hall–Kier alpha value is -2.22. The molecule has 0 saturated heterocycles. The van der Waals surface area contributed by atoms with Gasteiger partial charge in [-0.2, -0.15) is 0 Å². The number of hydrogen-bond acceptors (Lipinski definition) is 2. The van der Waals surface area contributed by atoms with Gasteiger partial charge in [0.2, 0.25) is 0 Å². The third-order valence-electron chi connectivity index (χ3n) is 3.60. The number of aromatic nitrogens is 2. The minimum atomic E-state index is 0.923. The zero-order valence-corrected chi connectivity index (χ0v) is 10.1. The predicted molar refractivity (Wildman–Crippen MR) is 73.3 cm³/mol. The van der Waals surface area contributed by atoms with Crippen molar-refractivity contribution in [3.05, 3.63) is 48.3 Å². The van der Waals surface area contributed by atoms with Crippen molar-refractivity contribution in [1.29, 1.82) is 0 Å². The topological polar surface area (TPSA) is 25.8 Å². The molecule has 1 heterocycles. The van der Waals surface area contributed by atoms with Crippen molar-refractivity contribution < 1.29 is 0 Å². The van der Waals surface area contributed by atoms with Gasteiger partial charge >= 0.3 is 0 Å². The highest BCUT2D eigenvalue weighted by atomic mass is 14.8. The Kier molecular flexibility index (Phi) is 1.84. The molecule has 0 radical (unpaired) electrons. The Morgan fingerprint density at radius 3 is 2.39 bits per heavy atom. The fourth-order valence-corrected chi connectivity index (χ4v) is 2.72. The highest BCUT2D eigenvalue weighted by molar-refractivity contribution is 6.13. The van der Waals surface area contributed by atoms with E-state index < -0.39 is 0 Å². The molecule has 86 valence electrons. The Labute approximate surface area is 105 Å². The summed E-state index contributed by atoms with van der Waals surface area (Å²) in [5.74, 6) is 0. The van der Waals surface area contributed by atoms with Crippen LogP contribution in [0.15, 0.2) is 42.6 Å². The van der Waals surface area contributed by atoms with Crippen molar-refractivity contribution >= 4 is 10.8 Å². The monoisotopic (exact) mass is 232 g/mol. The van der Waals surface area contributed by atoms with Crippen molar-refractivity contribution in [3.8, 4) is 22.5 Å². The van der Waals surface area contributed by atoms with Gasteiger partial charge in [-0.3, -0.25) is 4.98 Å². The van der Waals surface area contributed by atoms with Crippen molar-refractivity contribution in [2.45, 2.75) is 13.3 Å². The Morgan fingerprint density at radius 1 is 0.944 bits per heavy atom. The van der Waals surface area contributed by atoms with E-state index in [2.05, 4.69) is 48.3 Å². The molecular weight excluding hydrogens is 220 g/mol. The normalized spacial score (nSPS) is 11.8. The van der Waals surface area contributed by atoms with Gasteiger partial charge in [0.05, 0.1) is 17.1 Å². The van der Waals surface area contributed by atoms with E-state index in [1.807, 2.05) is 6.20 Å². The van der Waals surface area contributed by atoms with Crippen LogP contribution in [0.25, 0.3) is 33.3 Å². The summed E-state index contributed by atoms with van der Waals surface area (Å²) < 4.78 is 0. The predicted octanol–water partition coefficient (Wildman–Crippen LogP) is 3.84. The molecule has 4 rings (SSSR count). The number of benzene rings is 2. The summed E-state index contributed by atoms with van der Waals surface area (Å²) in [6.07, 6.45) is 2.82. The van der Waals surface area contributed by atoms with Crippen LogP contribution in [0.1, 0.15) is 12.6 Å². The maximum atomic E-state index is 4.75. The Morgan fingerprint density at radius 2 is 1.67 bits per heavy atom.